The lowest BCUT2D eigenvalue weighted by Gasteiger charge is -2.59. The number of fused-ring (bicyclic) bond motifs is 3. The fourth-order valence-corrected chi connectivity index (χ4v) is 5.94. The zero-order valence-corrected chi connectivity index (χ0v) is 13.7. The van der Waals surface area contributed by atoms with Gasteiger partial charge in [-0.1, -0.05) is 38.8 Å². The molecule has 0 aliphatic heterocycles. The molecule has 112 valence electrons. The van der Waals surface area contributed by atoms with E-state index in [9.17, 15) is 4.79 Å². The standard InChI is InChI=1S/C19H30O/c1-17(2)9-5-10-19(4)15-8-11-18(3,13-20)12-14(15)6-7-16(17)19/h12-13,15-16H,5-11H2,1-4H3/t15-,16-,18-,19+/m1/s1. The van der Waals surface area contributed by atoms with Crippen LogP contribution in [0.25, 0.3) is 0 Å². The number of carbonyl (C=O) groups excluding carboxylic acids is 1. The van der Waals surface area contributed by atoms with Crippen LogP contribution in [0.15, 0.2) is 11.6 Å². The Balaban J connectivity index is 1.97. The SMILES string of the molecule is CC1(C)CCC[C@@]2(C)[C@@H]3CC[C@@](C)(C=O)C=C3CC[C@H]12. The minimum Gasteiger partial charge on any atom is -0.302 e. The maximum absolute atomic E-state index is 11.4. The third-order valence-corrected chi connectivity index (χ3v) is 7.00. The lowest BCUT2D eigenvalue weighted by molar-refractivity contribution is -0.115. The first-order valence-electron chi connectivity index (χ1n) is 8.49. The number of aldehydes is 1. The van der Waals surface area contributed by atoms with Crippen LogP contribution in [0.1, 0.15) is 72.6 Å². The maximum atomic E-state index is 11.4. The summed E-state index contributed by atoms with van der Waals surface area (Å²) in [5.41, 5.74) is 2.42. The third kappa shape index (κ3) is 2.00. The van der Waals surface area contributed by atoms with Gasteiger partial charge in [-0.2, -0.15) is 0 Å². The van der Waals surface area contributed by atoms with Crippen molar-refractivity contribution in [3.63, 3.8) is 0 Å². The molecule has 0 unspecified atom stereocenters. The molecule has 4 atom stereocenters. The summed E-state index contributed by atoms with van der Waals surface area (Å²) in [6, 6.07) is 0. The van der Waals surface area contributed by atoms with Crippen molar-refractivity contribution < 1.29 is 4.79 Å². The topological polar surface area (TPSA) is 17.1 Å². The molecule has 2 saturated carbocycles. The van der Waals surface area contributed by atoms with Gasteiger partial charge in [-0.25, -0.2) is 0 Å². The zero-order chi connectivity index (χ0) is 14.6. The molecule has 0 saturated heterocycles. The van der Waals surface area contributed by atoms with E-state index in [-0.39, 0.29) is 5.41 Å². The van der Waals surface area contributed by atoms with E-state index < -0.39 is 0 Å². The van der Waals surface area contributed by atoms with Gasteiger partial charge in [0.05, 0.1) is 0 Å². The van der Waals surface area contributed by atoms with Gasteiger partial charge >= 0.3 is 0 Å². The minimum atomic E-state index is -0.181. The molecular formula is C19H30O. The van der Waals surface area contributed by atoms with Gasteiger partial charge in [-0.3, -0.25) is 0 Å². The quantitative estimate of drug-likeness (QED) is 0.477. The Bertz CT molecular complexity index is 447. The van der Waals surface area contributed by atoms with Gasteiger partial charge in [0.15, 0.2) is 0 Å². The van der Waals surface area contributed by atoms with E-state index in [1.54, 1.807) is 5.57 Å². The highest BCUT2D eigenvalue weighted by atomic mass is 16.1. The van der Waals surface area contributed by atoms with Gasteiger partial charge in [-0.05, 0) is 68.1 Å². The first-order valence-corrected chi connectivity index (χ1v) is 8.49. The van der Waals surface area contributed by atoms with Crippen molar-refractivity contribution in [2.45, 2.75) is 72.6 Å². The summed E-state index contributed by atoms with van der Waals surface area (Å²) in [6.45, 7) is 9.65. The minimum absolute atomic E-state index is 0.181. The third-order valence-electron chi connectivity index (χ3n) is 7.00. The molecule has 0 aromatic rings. The summed E-state index contributed by atoms with van der Waals surface area (Å²) in [5.74, 6) is 1.61. The Labute approximate surface area is 124 Å². The normalized spacial score (nSPS) is 46.9. The van der Waals surface area contributed by atoms with Gasteiger partial charge < -0.3 is 4.79 Å². The van der Waals surface area contributed by atoms with Crippen molar-refractivity contribution in [3.05, 3.63) is 11.6 Å². The van der Waals surface area contributed by atoms with E-state index in [0.29, 0.717) is 10.8 Å². The molecule has 0 N–H and O–H groups in total. The Kier molecular flexibility index (Phi) is 3.19. The van der Waals surface area contributed by atoms with Crippen molar-refractivity contribution in [1.29, 1.82) is 0 Å². The molecule has 3 rings (SSSR count). The molecular weight excluding hydrogens is 244 g/mol. The molecule has 3 aliphatic rings. The van der Waals surface area contributed by atoms with Crippen molar-refractivity contribution in [2.75, 3.05) is 0 Å². The van der Waals surface area contributed by atoms with E-state index in [2.05, 4.69) is 33.8 Å². The maximum Gasteiger partial charge on any atom is 0.129 e. The van der Waals surface area contributed by atoms with Gasteiger partial charge in [0.25, 0.3) is 0 Å². The van der Waals surface area contributed by atoms with Crippen molar-refractivity contribution in [1.82, 2.24) is 0 Å². The first-order chi connectivity index (χ1) is 9.31. The average molecular weight is 274 g/mol. The van der Waals surface area contributed by atoms with Gasteiger partial charge in [-0.15, -0.1) is 0 Å². The van der Waals surface area contributed by atoms with Crippen LogP contribution in [0.5, 0.6) is 0 Å². The summed E-state index contributed by atoms with van der Waals surface area (Å²) in [4.78, 5) is 11.4. The first kappa shape index (κ1) is 14.4. The van der Waals surface area contributed by atoms with E-state index in [0.717, 1.165) is 18.3 Å². The lowest BCUT2D eigenvalue weighted by atomic mass is 9.45. The van der Waals surface area contributed by atoms with Crippen molar-refractivity contribution >= 4 is 6.29 Å². The van der Waals surface area contributed by atoms with Crippen LogP contribution >= 0.6 is 0 Å². The van der Waals surface area contributed by atoms with Crippen molar-refractivity contribution in [2.24, 2.45) is 28.1 Å². The molecule has 0 amide bonds. The number of rotatable bonds is 1. The second-order valence-corrected chi connectivity index (χ2v) is 8.87. The molecule has 0 aromatic heterocycles. The Hall–Kier alpha value is -0.590. The Morgan fingerprint density at radius 3 is 2.55 bits per heavy atom. The molecule has 1 nitrogen and oxygen atoms in total. The number of hydrogen-bond donors (Lipinski definition) is 0. The predicted molar refractivity (Wildman–Crippen MR) is 83.4 cm³/mol. The van der Waals surface area contributed by atoms with Gasteiger partial charge in [0.2, 0.25) is 0 Å². The van der Waals surface area contributed by atoms with Crippen LogP contribution in [0.2, 0.25) is 0 Å². The van der Waals surface area contributed by atoms with Crippen LogP contribution in [0, 0.1) is 28.1 Å². The highest BCUT2D eigenvalue weighted by Gasteiger charge is 2.54. The van der Waals surface area contributed by atoms with E-state index in [1.807, 2.05) is 0 Å². The molecule has 1 heteroatoms. The molecule has 0 aromatic carbocycles. The van der Waals surface area contributed by atoms with Crippen LogP contribution in [-0.4, -0.2) is 6.29 Å². The van der Waals surface area contributed by atoms with Crippen molar-refractivity contribution in [3.8, 4) is 0 Å². The average Bonchev–Trinajstić information content (AvgIpc) is 2.37. The second-order valence-electron chi connectivity index (χ2n) is 8.87. The molecule has 2 fully saturated rings. The van der Waals surface area contributed by atoms with Crippen LogP contribution in [0.4, 0.5) is 0 Å². The number of allylic oxidation sites excluding steroid dienone is 2. The number of carbonyl (C=O) groups is 1. The lowest BCUT2D eigenvalue weighted by Crippen LogP contribution is -2.50. The van der Waals surface area contributed by atoms with Gasteiger partial charge in [0, 0.05) is 5.41 Å². The Morgan fingerprint density at radius 1 is 1.10 bits per heavy atom. The largest absolute Gasteiger partial charge is 0.302 e. The highest BCUT2D eigenvalue weighted by Crippen LogP contribution is 2.63. The summed E-state index contributed by atoms with van der Waals surface area (Å²) in [6.07, 6.45) is 12.5. The van der Waals surface area contributed by atoms with E-state index >= 15 is 0 Å². The monoisotopic (exact) mass is 274 g/mol. The molecule has 3 aliphatic carbocycles. The molecule has 0 radical (unpaired) electrons. The predicted octanol–water partition coefficient (Wildman–Crippen LogP) is 5.15. The summed E-state index contributed by atoms with van der Waals surface area (Å²) < 4.78 is 0. The van der Waals surface area contributed by atoms with Crippen LogP contribution in [-0.2, 0) is 4.79 Å². The summed E-state index contributed by atoms with van der Waals surface area (Å²) in [7, 11) is 0. The zero-order valence-electron chi connectivity index (χ0n) is 13.7. The summed E-state index contributed by atoms with van der Waals surface area (Å²) >= 11 is 0. The summed E-state index contributed by atoms with van der Waals surface area (Å²) in [5, 5.41) is 0. The highest BCUT2D eigenvalue weighted by molar-refractivity contribution is 5.63. The molecule has 0 spiro atoms. The van der Waals surface area contributed by atoms with Crippen LogP contribution in [0.3, 0.4) is 0 Å². The van der Waals surface area contributed by atoms with Gasteiger partial charge in [0.1, 0.15) is 6.29 Å². The smallest absolute Gasteiger partial charge is 0.129 e. The van der Waals surface area contributed by atoms with E-state index in [1.165, 1.54) is 44.8 Å². The fourth-order valence-electron chi connectivity index (χ4n) is 5.94. The second kappa shape index (κ2) is 4.45. The molecule has 0 bridgehead atoms. The van der Waals surface area contributed by atoms with Crippen LogP contribution < -0.4 is 0 Å². The molecule has 0 heterocycles. The Morgan fingerprint density at radius 2 is 1.85 bits per heavy atom. The van der Waals surface area contributed by atoms with E-state index in [4.69, 9.17) is 0 Å². The molecule has 20 heavy (non-hydrogen) atoms. The fraction of sp³-hybridized carbons (Fsp3) is 0.842. The number of hydrogen-bond acceptors (Lipinski definition) is 1.